The molecule has 2 aromatic heterocycles. The fourth-order valence-electron chi connectivity index (χ4n) is 3.60. The van der Waals surface area contributed by atoms with Crippen LogP contribution in [0.4, 0.5) is 0 Å². The fraction of sp³-hybridized carbons (Fsp3) is 0.526. The van der Waals surface area contributed by atoms with Crippen LogP contribution in [0.15, 0.2) is 18.2 Å². The number of carbonyl (C=O) groups excluding carboxylic acids is 1. The van der Waals surface area contributed by atoms with Gasteiger partial charge in [0, 0.05) is 31.8 Å². The molecule has 0 radical (unpaired) electrons. The molecule has 1 aliphatic heterocycles. The van der Waals surface area contributed by atoms with Gasteiger partial charge in [-0.1, -0.05) is 6.07 Å². The lowest BCUT2D eigenvalue weighted by atomic mass is 10.1. The summed E-state index contributed by atoms with van der Waals surface area (Å²) in [7, 11) is 2.00. The smallest absolute Gasteiger partial charge is 0.217 e. The van der Waals surface area contributed by atoms with Gasteiger partial charge in [0.05, 0.1) is 29.7 Å². The molecule has 1 atom stereocenters. The summed E-state index contributed by atoms with van der Waals surface area (Å²) in [6.07, 6.45) is 2.30. The maximum atomic E-state index is 11.1. The largest absolute Gasteiger partial charge is 0.351 e. The molecular formula is C19H27N5O. The van der Waals surface area contributed by atoms with Gasteiger partial charge in [-0.3, -0.25) is 19.4 Å². The van der Waals surface area contributed by atoms with Crippen LogP contribution in [0.2, 0.25) is 0 Å². The molecule has 0 aromatic carbocycles. The normalized spacial score (nSPS) is 17.8. The van der Waals surface area contributed by atoms with Gasteiger partial charge < -0.3 is 5.32 Å². The second-order valence-electron chi connectivity index (χ2n) is 6.87. The Morgan fingerprint density at radius 2 is 2.16 bits per heavy atom. The first-order valence-electron chi connectivity index (χ1n) is 8.89. The van der Waals surface area contributed by atoms with Crippen molar-refractivity contribution in [2.24, 2.45) is 7.05 Å². The molecule has 134 valence electrons. The topological polar surface area (TPSA) is 63.1 Å². The Bertz CT molecular complexity index is 767. The summed E-state index contributed by atoms with van der Waals surface area (Å²) in [4.78, 5) is 18.4. The molecule has 1 fully saturated rings. The van der Waals surface area contributed by atoms with Crippen LogP contribution in [0.5, 0.6) is 0 Å². The number of nitrogens with one attached hydrogen (secondary N) is 1. The number of carbonyl (C=O) groups is 1. The van der Waals surface area contributed by atoms with Gasteiger partial charge in [0.2, 0.25) is 5.91 Å². The van der Waals surface area contributed by atoms with E-state index in [0.29, 0.717) is 12.6 Å². The monoisotopic (exact) mass is 341 g/mol. The highest BCUT2D eigenvalue weighted by atomic mass is 16.1. The third-order valence-corrected chi connectivity index (χ3v) is 5.07. The van der Waals surface area contributed by atoms with Crippen LogP contribution in [-0.2, 0) is 24.9 Å². The SMILES string of the molecule is CC(=O)NCc1cccc(C2CCCN2Cc2c(C)nn(C)c2C)n1. The minimum Gasteiger partial charge on any atom is -0.351 e. The lowest BCUT2D eigenvalue weighted by Crippen LogP contribution is -2.25. The summed E-state index contributed by atoms with van der Waals surface area (Å²) in [5.74, 6) is -0.0303. The van der Waals surface area contributed by atoms with E-state index in [1.807, 2.05) is 23.9 Å². The quantitative estimate of drug-likeness (QED) is 0.907. The highest BCUT2D eigenvalue weighted by molar-refractivity contribution is 5.72. The number of likely N-dealkylation sites (tertiary alicyclic amines) is 1. The molecule has 1 aliphatic rings. The number of nitrogens with zero attached hydrogens (tertiary/aromatic N) is 4. The first-order chi connectivity index (χ1) is 12.0. The number of hydrogen-bond donors (Lipinski definition) is 1. The highest BCUT2D eigenvalue weighted by Gasteiger charge is 2.28. The summed E-state index contributed by atoms with van der Waals surface area (Å²) in [6.45, 7) is 8.22. The van der Waals surface area contributed by atoms with Crippen molar-refractivity contribution in [3.05, 3.63) is 46.5 Å². The Labute approximate surface area is 149 Å². The molecule has 6 nitrogen and oxygen atoms in total. The van der Waals surface area contributed by atoms with Crippen molar-refractivity contribution in [1.82, 2.24) is 25.0 Å². The Morgan fingerprint density at radius 3 is 2.84 bits per heavy atom. The molecule has 6 heteroatoms. The third-order valence-electron chi connectivity index (χ3n) is 5.07. The van der Waals surface area contributed by atoms with Crippen LogP contribution in [0.1, 0.15) is 54.1 Å². The van der Waals surface area contributed by atoms with Gasteiger partial charge in [0.1, 0.15) is 0 Å². The summed E-state index contributed by atoms with van der Waals surface area (Å²) in [6, 6.07) is 6.43. The zero-order valence-corrected chi connectivity index (χ0v) is 15.5. The van der Waals surface area contributed by atoms with E-state index in [1.165, 1.54) is 24.6 Å². The Hall–Kier alpha value is -2.21. The summed E-state index contributed by atoms with van der Waals surface area (Å²) in [5, 5.41) is 7.36. The number of amides is 1. The molecule has 0 bridgehead atoms. The second kappa shape index (κ2) is 7.35. The van der Waals surface area contributed by atoms with Crippen molar-refractivity contribution in [1.29, 1.82) is 0 Å². The molecule has 0 spiro atoms. The average molecular weight is 341 g/mol. The molecule has 0 saturated carbocycles. The maximum absolute atomic E-state index is 11.1. The van der Waals surface area contributed by atoms with Crippen LogP contribution in [0.25, 0.3) is 0 Å². The van der Waals surface area contributed by atoms with Crippen molar-refractivity contribution < 1.29 is 4.79 Å². The van der Waals surface area contributed by atoms with Crippen LogP contribution >= 0.6 is 0 Å². The van der Waals surface area contributed by atoms with E-state index in [0.717, 1.165) is 36.6 Å². The number of aryl methyl sites for hydroxylation is 2. The van der Waals surface area contributed by atoms with Gasteiger partial charge in [0.15, 0.2) is 0 Å². The van der Waals surface area contributed by atoms with E-state index >= 15 is 0 Å². The molecule has 3 heterocycles. The molecule has 25 heavy (non-hydrogen) atoms. The van der Waals surface area contributed by atoms with Crippen LogP contribution in [0.3, 0.4) is 0 Å². The lowest BCUT2D eigenvalue weighted by Gasteiger charge is -2.24. The fourth-order valence-corrected chi connectivity index (χ4v) is 3.60. The van der Waals surface area contributed by atoms with E-state index in [2.05, 4.69) is 35.2 Å². The first-order valence-corrected chi connectivity index (χ1v) is 8.89. The Morgan fingerprint density at radius 1 is 1.36 bits per heavy atom. The van der Waals surface area contributed by atoms with Gasteiger partial charge in [-0.15, -0.1) is 0 Å². The van der Waals surface area contributed by atoms with Crippen LogP contribution in [-0.4, -0.2) is 32.1 Å². The number of rotatable bonds is 5. The summed E-state index contributed by atoms with van der Waals surface area (Å²) >= 11 is 0. The van der Waals surface area contributed by atoms with Gasteiger partial charge in [0.25, 0.3) is 0 Å². The van der Waals surface area contributed by atoms with Crippen molar-refractivity contribution in [3.8, 4) is 0 Å². The summed E-state index contributed by atoms with van der Waals surface area (Å²) < 4.78 is 1.96. The molecule has 1 N–H and O–H groups in total. The number of pyridine rings is 1. The maximum Gasteiger partial charge on any atom is 0.217 e. The van der Waals surface area contributed by atoms with Crippen LogP contribution in [0, 0.1) is 13.8 Å². The number of aromatic nitrogens is 3. The average Bonchev–Trinajstić information content (AvgIpc) is 3.14. The Balaban J connectivity index is 1.77. The molecule has 1 saturated heterocycles. The van der Waals surface area contributed by atoms with Crippen molar-refractivity contribution in [2.75, 3.05) is 6.54 Å². The van der Waals surface area contributed by atoms with E-state index < -0.39 is 0 Å². The molecule has 3 rings (SSSR count). The first kappa shape index (κ1) is 17.6. The predicted octanol–water partition coefficient (Wildman–Crippen LogP) is 2.41. The summed E-state index contributed by atoms with van der Waals surface area (Å²) in [5.41, 5.74) is 5.67. The molecular weight excluding hydrogens is 314 g/mol. The molecule has 0 aliphatic carbocycles. The van der Waals surface area contributed by atoms with Crippen molar-refractivity contribution in [3.63, 3.8) is 0 Å². The second-order valence-corrected chi connectivity index (χ2v) is 6.87. The van der Waals surface area contributed by atoms with E-state index in [-0.39, 0.29) is 5.91 Å². The third kappa shape index (κ3) is 3.90. The Kier molecular flexibility index (Phi) is 5.18. The molecule has 2 aromatic rings. The van der Waals surface area contributed by atoms with Gasteiger partial charge in [-0.2, -0.15) is 5.10 Å². The zero-order valence-electron chi connectivity index (χ0n) is 15.5. The minimum absolute atomic E-state index is 0.0303. The molecule has 1 amide bonds. The van der Waals surface area contributed by atoms with Crippen LogP contribution < -0.4 is 5.32 Å². The number of hydrogen-bond acceptors (Lipinski definition) is 4. The standard InChI is InChI=1S/C19H27N5O/c1-13-17(14(2)23(4)22-13)12-24-10-6-9-19(24)18-8-5-7-16(21-18)11-20-15(3)25/h5,7-8,19H,6,9-12H2,1-4H3,(H,20,25). The minimum atomic E-state index is -0.0303. The van der Waals surface area contributed by atoms with Gasteiger partial charge in [-0.05, 0) is 45.4 Å². The van der Waals surface area contributed by atoms with E-state index in [4.69, 9.17) is 4.98 Å². The van der Waals surface area contributed by atoms with Crippen molar-refractivity contribution in [2.45, 2.75) is 52.7 Å². The van der Waals surface area contributed by atoms with Gasteiger partial charge in [-0.25, -0.2) is 0 Å². The molecule has 1 unspecified atom stereocenters. The highest BCUT2D eigenvalue weighted by Crippen LogP contribution is 2.33. The zero-order chi connectivity index (χ0) is 18.0. The lowest BCUT2D eigenvalue weighted by molar-refractivity contribution is -0.119. The van der Waals surface area contributed by atoms with E-state index in [9.17, 15) is 4.79 Å². The predicted molar refractivity (Wildman–Crippen MR) is 96.8 cm³/mol. The van der Waals surface area contributed by atoms with Gasteiger partial charge >= 0.3 is 0 Å². The van der Waals surface area contributed by atoms with Crippen molar-refractivity contribution >= 4 is 5.91 Å². The van der Waals surface area contributed by atoms with E-state index in [1.54, 1.807) is 0 Å².